The second kappa shape index (κ2) is 9.57. The molecule has 2 aromatic rings. The maximum atomic E-state index is 11.7. The van der Waals surface area contributed by atoms with Crippen molar-refractivity contribution in [2.75, 3.05) is 13.2 Å². The summed E-state index contributed by atoms with van der Waals surface area (Å²) in [6, 6.07) is 14.7. The topological polar surface area (TPSA) is 59.9 Å². The second-order valence-corrected chi connectivity index (χ2v) is 5.35. The molecule has 0 aliphatic rings. The highest BCUT2D eigenvalue weighted by Crippen LogP contribution is 2.11. The van der Waals surface area contributed by atoms with E-state index in [0.717, 1.165) is 16.9 Å². The van der Waals surface area contributed by atoms with Gasteiger partial charge in [0.05, 0.1) is 12.8 Å². The highest BCUT2D eigenvalue weighted by molar-refractivity contribution is 6.30. The summed E-state index contributed by atoms with van der Waals surface area (Å²) in [5.41, 5.74) is 1.82. The summed E-state index contributed by atoms with van der Waals surface area (Å²) < 4.78 is 5.35. The van der Waals surface area contributed by atoms with Crippen LogP contribution >= 0.6 is 11.6 Å². The molecule has 0 radical (unpaired) electrons. The molecule has 0 bridgehead atoms. The van der Waals surface area contributed by atoms with Gasteiger partial charge in [0.25, 0.3) is 5.91 Å². The van der Waals surface area contributed by atoms with Gasteiger partial charge in [-0.15, -0.1) is 0 Å². The zero-order chi connectivity index (χ0) is 17.2. The Kier molecular flexibility index (Phi) is 7.11. The van der Waals surface area contributed by atoms with Crippen molar-refractivity contribution < 1.29 is 14.4 Å². The minimum absolute atomic E-state index is 0.138. The minimum atomic E-state index is -0.242. The van der Waals surface area contributed by atoms with Gasteiger partial charge < -0.3 is 14.9 Å². The number of carbonyl (C=O) groups is 1. The largest absolute Gasteiger partial charge is 0.494 e. The molecule has 24 heavy (non-hydrogen) atoms. The molecule has 126 valence electrons. The average Bonchev–Trinajstić information content (AvgIpc) is 2.60. The zero-order valence-electron chi connectivity index (χ0n) is 13.4. The maximum absolute atomic E-state index is 11.7. The van der Waals surface area contributed by atoms with Crippen molar-refractivity contribution in [2.24, 2.45) is 5.16 Å². The van der Waals surface area contributed by atoms with Gasteiger partial charge in [0.15, 0.2) is 6.61 Å². The van der Waals surface area contributed by atoms with Crippen LogP contribution in [0.2, 0.25) is 5.02 Å². The minimum Gasteiger partial charge on any atom is -0.494 e. The van der Waals surface area contributed by atoms with Crippen LogP contribution < -0.4 is 10.1 Å². The van der Waals surface area contributed by atoms with Crippen LogP contribution in [-0.2, 0) is 16.2 Å². The van der Waals surface area contributed by atoms with Crippen LogP contribution in [0.4, 0.5) is 0 Å². The Morgan fingerprint density at radius 1 is 1.17 bits per heavy atom. The number of amides is 1. The molecule has 0 aromatic heterocycles. The van der Waals surface area contributed by atoms with Gasteiger partial charge >= 0.3 is 0 Å². The van der Waals surface area contributed by atoms with Gasteiger partial charge in [-0.3, -0.25) is 4.79 Å². The predicted octanol–water partition coefficient (Wildman–Crippen LogP) is 3.41. The lowest BCUT2D eigenvalue weighted by molar-refractivity contribution is -0.125. The first-order valence-electron chi connectivity index (χ1n) is 7.56. The van der Waals surface area contributed by atoms with Gasteiger partial charge in [0.1, 0.15) is 5.75 Å². The molecule has 0 saturated heterocycles. The molecule has 2 aromatic carbocycles. The molecule has 0 fully saturated rings. The maximum Gasteiger partial charge on any atom is 0.261 e. The number of nitrogens with one attached hydrogen (secondary N) is 1. The first-order valence-corrected chi connectivity index (χ1v) is 7.94. The molecule has 6 heteroatoms. The molecule has 0 heterocycles. The van der Waals surface area contributed by atoms with Crippen molar-refractivity contribution in [1.82, 2.24) is 5.32 Å². The Morgan fingerprint density at radius 2 is 1.88 bits per heavy atom. The van der Waals surface area contributed by atoms with E-state index in [1.807, 2.05) is 43.3 Å². The van der Waals surface area contributed by atoms with Crippen molar-refractivity contribution in [3.8, 4) is 5.75 Å². The molecule has 0 aliphatic heterocycles. The van der Waals surface area contributed by atoms with E-state index in [4.69, 9.17) is 21.2 Å². The number of halogens is 1. The van der Waals surface area contributed by atoms with E-state index >= 15 is 0 Å². The molecule has 1 amide bonds. The van der Waals surface area contributed by atoms with Gasteiger partial charge in [-0.2, -0.15) is 0 Å². The van der Waals surface area contributed by atoms with Crippen molar-refractivity contribution in [3.05, 3.63) is 64.7 Å². The van der Waals surface area contributed by atoms with E-state index < -0.39 is 0 Å². The number of rotatable bonds is 8. The summed E-state index contributed by atoms with van der Waals surface area (Å²) in [6.07, 6.45) is 1.54. The van der Waals surface area contributed by atoms with Crippen LogP contribution in [0.5, 0.6) is 5.75 Å². The normalized spacial score (nSPS) is 10.6. The third kappa shape index (κ3) is 6.30. The predicted molar refractivity (Wildman–Crippen MR) is 94.5 cm³/mol. The first kappa shape index (κ1) is 17.8. The van der Waals surface area contributed by atoms with Crippen molar-refractivity contribution in [2.45, 2.75) is 13.5 Å². The standard InChI is InChI=1S/C18H19ClN2O3/c1-2-23-17-9-5-15(6-10-17)12-21-24-13-18(22)20-11-14-3-7-16(19)8-4-14/h3-10,12H,2,11,13H2,1H3,(H,20,22)/b21-12+. The average molecular weight is 347 g/mol. The lowest BCUT2D eigenvalue weighted by Crippen LogP contribution is -2.26. The van der Waals surface area contributed by atoms with E-state index in [2.05, 4.69) is 10.5 Å². The monoisotopic (exact) mass is 346 g/mol. The molecular weight excluding hydrogens is 328 g/mol. The van der Waals surface area contributed by atoms with E-state index in [1.165, 1.54) is 0 Å². The third-order valence-electron chi connectivity index (χ3n) is 3.07. The number of hydrogen-bond donors (Lipinski definition) is 1. The molecule has 0 unspecified atom stereocenters. The Hall–Kier alpha value is -2.53. The fraction of sp³-hybridized carbons (Fsp3) is 0.222. The Morgan fingerprint density at radius 3 is 2.54 bits per heavy atom. The quantitative estimate of drug-likeness (QED) is 0.588. The van der Waals surface area contributed by atoms with Crippen LogP contribution in [-0.4, -0.2) is 25.3 Å². The Balaban J connectivity index is 1.68. The van der Waals surface area contributed by atoms with Crippen LogP contribution in [0.1, 0.15) is 18.1 Å². The van der Waals surface area contributed by atoms with Crippen molar-refractivity contribution >= 4 is 23.7 Å². The molecular formula is C18H19ClN2O3. The second-order valence-electron chi connectivity index (χ2n) is 4.91. The summed E-state index contributed by atoms with van der Waals surface area (Å²) in [4.78, 5) is 16.6. The third-order valence-corrected chi connectivity index (χ3v) is 3.32. The molecule has 1 N–H and O–H groups in total. The number of benzene rings is 2. The number of hydrogen-bond acceptors (Lipinski definition) is 4. The first-order chi connectivity index (χ1) is 11.7. The van der Waals surface area contributed by atoms with Crippen molar-refractivity contribution in [1.29, 1.82) is 0 Å². The van der Waals surface area contributed by atoms with Crippen LogP contribution in [0.15, 0.2) is 53.7 Å². The summed E-state index contributed by atoms with van der Waals surface area (Å²) in [5.74, 6) is 0.561. The summed E-state index contributed by atoms with van der Waals surface area (Å²) in [5, 5.41) is 7.18. The fourth-order valence-electron chi connectivity index (χ4n) is 1.86. The zero-order valence-corrected chi connectivity index (χ0v) is 14.1. The number of nitrogens with zero attached hydrogens (tertiary/aromatic N) is 1. The highest BCUT2D eigenvalue weighted by Gasteiger charge is 2.01. The van der Waals surface area contributed by atoms with Gasteiger partial charge in [-0.1, -0.05) is 28.9 Å². The smallest absolute Gasteiger partial charge is 0.261 e. The summed E-state index contributed by atoms with van der Waals surface area (Å²) in [6.45, 7) is 2.84. The highest BCUT2D eigenvalue weighted by atomic mass is 35.5. The molecule has 5 nitrogen and oxygen atoms in total. The number of ether oxygens (including phenoxy) is 1. The van der Waals surface area contributed by atoms with E-state index in [1.54, 1.807) is 18.3 Å². The van der Waals surface area contributed by atoms with Gasteiger partial charge in [0, 0.05) is 11.6 Å². The molecule has 0 saturated carbocycles. The number of carbonyl (C=O) groups excluding carboxylic acids is 1. The molecule has 0 atom stereocenters. The summed E-state index contributed by atoms with van der Waals surface area (Å²) in [7, 11) is 0. The lowest BCUT2D eigenvalue weighted by Gasteiger charge is -2.04. The van der Waals surface area contributed by atoms with E-state index in [0.29, 0.717) is 18.2 Å². The Bertz CT molecular complexity index is 670. The van der Waals surface area contributed by atoms with Crippen LogP contribution in [0.25, 0.3) is 0 Å². The lowest BCUT2D eigenvalue weighted by atomic mass is 10.2. The molecule has 0 spiro atoms. The molecule has 2 rings (SSSR count). The Labute approximate surface area is 146 Å². The number of oxime groups is 1. The summed E-state index contributed by atoms with van der Waals surface area (Å²) >= 11 is 5.80. The van der Waals surface area contributed by atoms with E-state index in [-0.39, 0.29) is 12.5 Å². The van der Waals surface area contributed by atoms with Crippen LogP contribution in [0, 0.1) is 0 Å². The van der Waals surface area contributed by atoms with Gasteiger partial charge in [0.2, 0.25) is 0 Å². The van der Waals surface area contributed by atoms with E-state index in [9.17, 15) is 4.79 Å². The SMILES string of the molecule is CCOc1ccc(/C=N/OCC(=O)NCc2ccc(Cl)cc2)cc1. The molecule has 0 aliphatic carbocycles. The van der Waals surface area contributed by atoms with Gasteiger partial charge in [-0.05, 0) is 54.4 Å². The van der Waals surface area contributed by atoms with Crippen molar-refractivity contribution in [3.63, 3.8) is 0 Å². The van der Waals surface area contributed by atoms with Gasteiger partial charge in [-0.25, -0.2) is 0 Å². The fourth-order valence-corrected chi connectivity index (χ4v) is 1.99. The van der Waals surface area contributed by atoms with Crippen LogP contribution in [0.3, 0.4) is 0 Å².